The van der Waals surface area contributed by atoms with Gasteiger partial charge in [-0.2, -0.15) is 4.98 Å². The highest BCUT2D eigenvalue weighted by Crippen LogP contribution is 2.25. The lowest BCUT2D eigenvalue weighted by Crippen LogP contribution is -2.34. The molecule has 1 aliphatic rings. The molecule has 132 valence electrons. The van der Waals surface area contributed by atoms with E-state index in [-0.39, 0.29) is 6.61 Å². The number of hydrogen-bond donors (Lipinski definition) is 2. The zero-order valence-electron chi connectivity index (χ0n) is 13.5. The largest absolute Gasteiger partial charge is 0.508 e. The van der Waals surface area contributed by atoms with Crippen molar-refractivity contribution >= 4 is 17.9 Å². The Labute approximate surface area is 137 Å². The molecule has 1 aromatic heterocycles. The summed E-state index contributed by atoms with van der Waals surface area (Å²) in [5.41, 5.74) is 0.171. The molecule has 0 aliphatic carbocycles. The molecule has 0 radical (unpaired) electrons. The van der Waals surface area contributed by atoms with Crippen LogP contribution >= 0.6 is 0 Å². The number of H-pyrrole nitrogens is 1. The molecule has 1 aromatic rings. The Morgan fingerprint density at radius 3 is 2.92 bits per heavy atom. The van der Waals surface area contributed by atoms with Crippen LogP contribution in [-0.4, -0.2) is 54.2 Å². The molecule has 0 amide bonds. The first kappa shape index (κ1) is 17.7. The zero-order chi connectivity index (χ0) is 17.7. The minimum Gasteiger partial charge on any atom is -0.458 e. The molecule has 2 rings (SSSR count). The number of anilines is 1. The molecule has 10 heteroatoms. The quantitative estimate of drug-likeness (QED) is 0.727. The van der Waals surface area contributed by atoms with E-state index < -0.39 is 36.3 Å². The van der Waals surface area contributed by atoms with Gasteiger partial charge in [0.15, 0.2) is 6.23 Å². The number of nitrogens with one attached hydrogen (secondary N) is 2. The maximum absolute atomic E-state index is 11.3. The molecule has 1 aliphatic heterocycles. The number of carbonyl (C=O) groups excluding carboxylic acids is 2. The molecule has 3 atom stereocenters. The number of carbonyl (C=O) groups is 2. The van der Waals surface area contributed by atoms with Crippen molar-refractivity contribution in [1.29, 1.82) is 0 Å². The second kappa shape index (κ2) is 7.77. The van der Waals surface area contributed by atoms with E-state index >= 15 is 0 Å². The summed E-state index contributed by atoms with van der Waals surface area (Å²) in [5, 5.41) is 2.93. The lowest BCUT2D eigenvalue weighted by atomic mass is 10.2. The van der Waals surface area contributed by atoms with Gasteiger partial charge < -0.3 is 29.2 Å². The standard InChI is InChI=1S/C14H19N3O7/c1-7-5-15-13(19)17-11(7)16-12-10(23-8(2)18)4-9(24-12)6-22-14(20)21-3/h5,9-10,12H,4,6H2,1-3H3,(H2,15,16,17,19)/t9-,10+,12+/m0/s1. The minimum absolute atomic E-state index is 0.0512. The summed E-state index contributed by atoms with van der Waals surface area (Å²) in [4.78, 5) is 39.9. The highest BCUT2D eigenvalue weighted by atomic mass is 16.7. The van der Waals surface area contributed by atoms with Crippen molar-refractivity contribution in [1.82, 2.24) is 9.97 Å². The normalized spacial score (nSPS) is 22.7. The Morgan fingerprint density at radius 2 is 2.25 bits per heavy atom. The molecular weight excluding hydrogens is 322 g/mol. The van der Waals surface area contributed by atoms with Crippen LogP contribution in [0.1, 0.15) is 18.9 Å². The Morgan fingerprint density at radius 1 is 1.50 bits per heavy atom. The Bertz CT molecular complexity index is 660. The van der Waals surface area contributed by atoms with Crippen LogP contribution in [0.5, 0.6) is 0 Å². The summed E-state index contributed by atoms with van der Waals surface area (Å²) >= 11 is 0. The zero-order valence-corrected chi connectivity index (χ0v) is 13.5. The fraction of sp³-hybridized carbons (Fsp3) is 0.571. The molecule has 0 aromatic carbocycles. The highest BCUT2D eigenvalue weighted by Gasteiger charge is 2.38. The molecule has 1 saturated heterocycles. The lowest BCUT2D eigenvalue weighted by molar-refractivity contribution is -0.148. The van der Waals surface area contributed by atoms with E-state index in [1.807, 2.05) is 0 Å². The summed E-state index contributed by atoms with van der Waals surface area (Å²) in [6.07, 6.45) is -0.844. The van der Waals surface area contributed by atoms with Crippen LogP contribution in [0.15, 0.2) is 11.0 Å². The first-order valence-corrected chi connectivity index (χ1v) is 7.25. The van der Waals surface area contributed by atoms with Crippen LogP contribution in [-0.2, 0) is 23.7 Å². The predicted molar refractivity (Wildman–Crippen MR) is 80.4 cm³/mol. The van der Waals surface area contributed by atoms with Gasteiger partial charge in [0.25, 0.3) is 0 Å². The number of rotatable bonds is 5. The van der Waals surface area contributed by atoms with Crippen LogP contribution in [0.25, 0.3) is 0 Å². The van der Waals surface area contributed by atoms with Gasteiger partial charge in [0.1, 0.15) is 18.5 Å². The predicted octanol–water partition coefficient (Wildman–Crippen LogP) is 0.320. The topological polar surface area (TPSA) is 129 Å². The number of esters is 1. The van der Waals surface area contributed by atoms with Crippen LogP contribution in [0.2, 0.25) is 0 Å². The van der Waals surface area contributed by atoms with E-state index in [0.717, 1.165) is 0 Å². The first-order chi connectivity index (χ1) is 11.4. The Hall–Kier alpha value is -2.62. The van der Waals surface area contributed by atoms with Crippen molar-refractivity contribution in [2.24, 2.45) is 0 Å². The van der Waals surface area contributed by atoms with Crippen LogP contribution < -0.4 is 11.0 Å². The van der Waals surface area contributed by atoms with Crippen LogP contribution in [0.3, 0.4) is 0 Å². The van der Waals surface area contributed by atoms with Gasteiger partial charge in [-0.25, -0.2) is 9.59 Å². The number of aromatic nitrogens is 2. The van der Waals surface area contributed by atoms with Crippen molar-refractivity contribution < 1.29 is 28.5 Å². The summed E-state index contributed by atoms with van der Waals surface area (Å²) in [6, 6.07) is 0. The van der Waals surface area contributed by atoms with Crippen molar-refractivity contribution in [2.45, 2.75) is 38.7 Å². The number of ether oxygens (including phenoxy) is 4. The maximum Gasteiger partial charge on any atom is 0.508 e. The molecular formula is C14H19N3O7. The molecule has 2 N–H and O–H groups in total. The van der Waals surface area contributed by atoms with Gasteiger partial charge >= 0.3 is 17.8 Å². The Balaban J connectivity index is 2.06. The lowest BCUT2D eigenvalue weighted by Gasteiger charge is -2.20. The highest BCUT2D eigenvalue weighted by molar-refractivity contribution is 5.66. The van der Waals surface area contributed by atoms with Crippen molar-refractivity contribution in [3.05, 3.63) is 22.2 Å². The monoisotopic (exact) mass is 341 g/mol. The molecule has 0 bridgehead atoms. The van der Waals surface area contributed by atoms with Crippen molar-refractivity contribution in [2.75, 3.05) is 19.0 Å². The smallest absolute Gasteiger partial charge is 0.458 e. The average Bonchev–Trinajstić information content (AvgIpc) is 2.89. The minimum atomic E-state index is -0.828. The van der Waals surface area contributed by atoms with E-state index in [9.17, 15) is 14.4 Å². The molecule has 10 nitrogen and oxygen atoms in total. The first-order valence-electron chi connectivity index (χ1n) is 7.25. The third-order valence-electron chi connectivity index (χ3n) is 3.32. The molecule has 24 heavy (non-hydrogen) atoms. The number of hydrogen-bond acceptors (Lipinski definition) is 9. The fourth-order valence-electron chi connectivity index (χ4n) is 2.25. The Kier molecular flexibility index (Phi) is 5.74. The van der Waals surface area contributed by atoms with Crippen molar-refractivity contribution in [3.63, 3.8) is 0 Å². The van der Waals surface area contributed by atoms with Crippen LogP contribution in [0, 0.1) is 6.92 Å². The van der Waals surface area contributed by atoms with Gasteiger partial charge in [0, 0.05) is 25.1 Å². The van der Waals surface area contributed by atoms with E-state index in [0.29, 0.717) is 17.8 Å². The fourth-order valence-corrected chi connectivity index (χ4v) is 2.25. The third-order valence-corrected chi connectivity index (χ3v) is 3.32. The SMILES string of the molecule is COC(=O)OC[C@@H]1C[C@@H](OC(C)=O)[C@H](Nc2nc(=O)[nH]cc2C)O1. The third kappa shape index (κ3) is 4.69. The second-order valence-corrected chi connectivity index (χ2v) is 5.21. The number of methoxy groups -OCH3 is 1. The van der Waals surface area contributed by atoms with Gasteiger partial charge in [0.05, 0.1) is 13.2 Å². The summed E-state index contributed by atoms with van der Waals surface area (Å²) in [7, 11) is 1.20. The van der Waals surface area contributed by atoms with E-state index in [1.165, 1.54) is 20.2 Å². The molecule has 0 saturated carbocycles. The van der Waals surface area contributed by atoms with Gasteiger partial charge in [-0.05, 0) is 6.92 Å². The second-order valence-electron chi connectivity index (χ2n) is 5.21. The summed E-state index contributed by atoms with van der Waals surface area (Å²) in [5.74, 6) is -0.157. The van der Waals surface area contributed by atoms with Gasteiger partial charge in [-0.3, -0.25) is 4.79 Å². The van der Waals surface area contributed by atoms with Gasteiger partial charge in [-0.1, -0.05) is 0 Å². The molecule has 2 heterocycles. The van der Waals surface area contributed by atoms with Gasteiger partial charge in [0.2, 0.25) is 0 Å². The molecule has 1 fully saturated rings. The van der Waals surface area contributed by atoms with E-state index in [1.54, 1.807) is 6.92 Å². The average molecular weight is 341 g/mol. The number of aryl methyl sites for hydroxylation is 1. The summed E-state index contributed by atoms with van der Waals surface area (Å²) in [6.45, 7) is 2.98. The number of nitrogens with zero attached hydrogens (tertiary/aromatic N) is 1. The molecule has 0 unspecified atom stereocenters. The van der Waals surface area contributed by atoms with E-state index in [2.05, 4.69) is 20.0 Å². The van der Waals surface area contributed by atoms with Crippen molar-refractivity contribution in [3.8, 4) is 0 Å². The number of aromatic amines is 1. The molecule has 0 spiro atoms. The van der Waals surface area contributed by atoms with E-state index in [4.69, 9.17) is 14.2 Å². The van der Waals surface area contributed by atoms with Crippen LogP contribution in [0.4, 0.5) is 10.6 Å². The maximum atomic E-state index is 11.3. The van der Waals surface area contributed by atoms with Gasteiger partial charge in [-0.15, -0.1) is 0 Å². The summed E-state index contributed by atoms with van der Waals surface area (Å²) < 4.78 is 20.1.